The van der Waals surface area contributed by atoms with Crippen LogP contribution in [0.15, 0.2) is 35.2 Å². The maximum atomic E-state index is 12.2. The summed E-state index contributed by atoms with van der Waals surface area (Å²) in [6, 6.07) is 7.44. The summed E-state index contributed by atoms with van der Waals surface area (Å²) in [5.41, 5.74) is 0.431. The van der Waals surface area contributed by atoms with Crippen molar-refractivity contribution in [2.45, 2.75) is 25.7 Å². The summed E-state index contributed by atoms with van der Waals surface area (Å²) in [4.78, 5) is 48.3. The minimum Gasteiger partial charge on any atom is -0.462 e. The second-order valence-electron chi connectivity index (χ2n) is 6.38. The molecule has 1 aromatic carbocycles. The van der Waals surface area contributed by atoms with Gasteiger partial charge in [0.05, 0.1) is 21.9 Å². The monoisotopic (exact) mass is 482 g/mol. The zero-order valence-corrected chi connectivity index (χ0v) is 19.2. The van der Waals surface area contributed by atoms with Crippen molar-refractivity contribution in [1.82, 2.24) is 4.72 Å². The first-order chi connectivity index (χ1) is 15.1. The number of esters is 2. The third-order valence-electron chi connectivity index (χ3n) is 4.02. The van der Waals surface area contributed by atoms with Gasteiger partial charge in [0.25, 0.3) is 5.91 Å². The molecule has 0 atom stereocenters. The molecule has 2 rings (SSSR count). The van der Waals surface area contributed by atoms with Crippen LogP contribution in [0.4, 0.5) is 5.00 Å². The van der Waals surface area contributed by atoms with E-state index in [1.165, 1.54) is 31.2 Å². The third-order valence-corrected chi connectivity index (χ3v) is 6.75. The molecule has 0 saturated heterocycles. The Balaban J connectivity index is 1.98. The smallest absolute Gasteiger partial charge is 0.341 e. The number of carbonyl (C=O) groups excluding carboxylic acids is 4. The molecule has 32 heavy (non-hydrogen) atoms. The van der Waals surface area contributed by atoms with Crippen LogP contribution in [0.2, 0.25) is 0 Å². The van der Waals surface area contributed by atoms with Gasteiger partial charge in [0.15, 0.2) is 12.4 Å². The summed E-state index contributed by atoms with van der Waals surface area (Å²) in [6.07, 6.45) is 0. The Morgan fingerprint density at radius 3 is 2.31 bits per heavy atom. The molecule has 0 spiro atoms. The molecule has 10 nitrogen and oxygen atoms in total. The highest BCUT2D eigenvalue weighted by Gasteiger charge is 2.25. The van der Waals surface area contributed by atoms with Crippen molar-refractivity contribution < 1.29 is 37.1 Å². The Labute approximate surface area is 189 Å². The van der Waals surface area contributed by atoms with E-state index in [-0.39, 0.29) is 32.7 Å². The number of Topliss-reactive ketones (excluding diaryl/α,β-unsaturated/α-hetero) is 1. The highest BCUT2D eigenvalue weighted by atomic mass is 32.2. The maximum Gasteiger partial charge on any atom is 0.341 e. The van der Waals surface area contributed by atoms with Crippen LogP contribution in [-0.4, -0.2) is 51.8 Å². The van der Waals surface area contributed by atoms with Gasteiger partial charge in [-0.1, -0.05) is 18.2 Å². The fourth-order valence-electron chi connectivity index (χ4n) is 2.58. The summed E-state index contributed by atoms with van der Waals surface area (Å²) >= 11 is 0.908. The van der Waals surface area contributed by atoms with Crippen LogP contribution in [0, 0.1) is 6.92 Å². The molecule has 0 bridgehead atoms. The lowest BCUT2D eigenvalue weighted by Crippen LogP contribution is -2.32. The summed E-state index contributed by atoms with van der Waals surface area (Å²) < 4.78 is 36.0. The molecule has 0 aliphatic rings. The Kier molecular flexibility index (Phi) is 8.63. The summed E-state index contributed by atoms with van der Waals surface area (Å²) in [5.74, 6) is -2.73. The molecule has 2 aromatic rings. The number of ketones is 1. The number of sulfonamides is 1. The molecule has 0 radical (unpaired) electrons. The largest absolute Gasteiger partial charge is 0.462 e. The van der Waals surface area contributed by atoms with Crippen molar-refractivity contribution >= 4 is 50.0 Å². The van der Waals surface area contributed by atoms with E-state index >= 15 is 0 Å². The Morgan fingerprint density at radius 1 is 1.06 bits per heavy atom. The minimum atomic E-state index is -3.91. The van der Waals surface area contributed by atoms with E-state index in [1.807, 2.05) is 0 Å². The summed E-state index contributed by atoms with van der Waals surface area (Å²) in [5, 5.41) is 2.52. The average Bonchev–Trinajstić information content (AvgIpc) is 3.07. The fraction of sp³-hybridized carbons (Fsp3) is 0.300. The molecular weight excluding hydrogens is 460 g/mol. The molecule has 172 valence electrons. The number of hydrogen-bond acceptors (Lipinski definition) is 9. The number of nitrogens with one attached hydrogen (secondary N) is 2. The normalized spacial score (nSPS) is 11.0. The first-order valence-corrected chi connectivity index (χ1v) is 11.7. The van der Waals surface area contributed by atoms with E-state index in [1.54, 1.807) is 19.9 Å². The molecule has 2 N–H and O–H groups in total. The van der Waals surface area contributed by atoms with Crippen molar-refractivity contribution in [3.8, 4) is 0 Å². The molecule has 0 saturated carbocycles. The van der Waals surface area contributed by atoms with Crippen molar-refractivity contribution in [3.63, 3.8) is 0 Å². The van der Waals surface area contributed by atoms with E-state index in [2.05, 4.69) is 10.0 Å². The van der Waals surface area contributed by atoms with Gasteiger partial charge >= 0.3 is 11.9 Å². The highest BCUT2D eigenvalue weighted by molar-refractivity contribution is 7.89. The molecule has 1 amide bonds. The number of hydrogen-bond donors (Lipinski definition) is 2. The number of ether oxygens (including phenoxy) is 2. The molecule has 0 aliphatic heterocycles. The lowest BCUT2D eigenvalue weighted by Gasteiger charge is -2.09. The first-order valence-electron chi connectivity index (χ1n) is 9.38. The zero-order chi connectivity index (χ0) is 23.9. The zero-order valence-electron chi connectivity index (χ0n) is 17.6. The van der Waals surface area contributed by atoms with Crippen molar-refractivity contribution in [3.05, 3.63) is 46.3 Å². The van der Waals surface area contributed by atoms with Crippen LogP contribution in [-0.2, 0) is 29.1 Å². The predicted octanol–water partition coefficient (Wildman–Crippen LogP) is 1.90. The quantitative estimate of drug-likeness (QED) is 0.386. The van der Waals surface area contributed by atoms with E-state index in [0.717, 1.165) is 11.3 Å². The van der Waals surface area contributed by atoms with Crippen LogP contribution in [0.5, 0.6) is 0 Å². The van der Waals surface area contributed by atoms with Gasteiger partial charge in [-0.05, 0) is 38.5 Å². The van der Waals surface area contributed by atoms with Crippen LogP contribution in [0.1, 0.15) is 39.4 Å². The first kappa shape index (κ1) is 25.2. The number of anilines is 1. The summed E-state index contributed by atoms with van der Waals surface area (Å²) in [6.45, 7) is 3.22. The number of carbonyl (C=O) groups is 4. The molecular formula is C20H22N2O8S2. The van der Waals surface area contributed by atoms with Gasteiger partial charge in [-0.3, -0.25) is 14.4 Å². The van der Waals surface area contributed by atoms with Gasteiger partial charge in [-0.25, -0.2) is 13.2 Å². The molecule has 12 heteroatoms. The Bertz CT molecular complexity index is 1120. The van der Waals surface area contributed by atoms with E-state index in [9.17, 15) is 27.6 Å². The van der Waals surface area contributed by atoms with Crippen LogP contribution in [0.25, 0.3) is 0 Å². The number of rotatable bonds is 10. The fourth-order valence-corrected chi connectivity index (χ4v) is 4.68. The summed E-state index contributed by atoms with van der Waals surface area (Å²) in [7, 11) is -3.91. The second-order valence-corrected chi connectivity index (χ2v) is 9.17. The lowest BCUT2D eigenvalue weighted by atomic mass is 10.1. The SMILES string of the molecule is CCOC(=O)c1c(NC(=O)COC(=O)CNS(=O)(=O)c2ccccc2)sc(C(C)=O)c1C. The molecule has 0 unspecified atom stereocenters. The van der Waals surface area contributed by atoms with Gasteiger partial charge in [0.1, 0.15) is 11.5 Å². The van der Waals surface area contributed by atoms with Crippen LogP contribution in [0.3, 0.4) is 0 Å². The van der Waals surface area contributed by atoms with Crippen molar-refractivity contribution in [2.75, 3.05) is 25.1 Å². The van der Waals surface area contributed by atoms with Crippen LogP contribution >= 0.6 is 11.3 Å². The highest BCUT2D eigenvalue weighted by Crippen LogP contribution is 2.34. The second kappa shape index (κ2) is 11.0. The van der Waals surface area contributed by atoms with E-state index < -0.39 is 41.0 Å². The molecule has 0 fully saturated rings. The van der Waals surface area contributed by atoms with Crippen molar-refractivity contribution in [2.24, 2.45) is 0 Å². The van der Waals surface area contributed by atoms with Gasteiger partial charge < -0.3 is 14.8 Å². The molecule has 1 heterocycles. The molecule has 0 aliphatic carbocycles. The molecule has 1 aromatic heterocycles. The average molecular weight is 483 g/mol. The number of benzene rings is 1. The Morgan fingerprint density at radius 2 is 1.72 bits per heavy atom. The van der Waals surface area contributed by atoms with Gasteiger partial charge in [-0.2, -0.15) is 4.72 Å². The minimum absolute atomic E-state index is 0.0219. The van der Waals surface area contributed by atoms with Gasteiger partial charge in [-0.15, -0.1) is 11.3 Å². The van der Waals surface area contributed by atoms with Crippen molar-refractivity contribution in [1.29, 1.82) is 0 Å². The van der Waals surface area contributed by atoms with E-state index in [4.69, 9.17) is 9.47 Å². The predicted molar refractivity (Wildman–Crippen MR) is 116 cm³/mol. The standard InChI is InChI=1S/C20H22N2O8S2/c1-4-29-20(26)17-12(2)18(13(3)23)31-19(17)22-15(24)11-30-16(25)10-21-32(27,28)14-8-6-5-7-9-14/h5-9,21H,4,10-11H2,1-3H3,(H,22,24). The topological polar surface area (TPSA) is 145 Å². The van der Waals surface area contributed by atoms with E-state index in [0.29, 0.717) is 5.56 Å². The Hall–Kier alpha value is -3.09. The lowest BCUT2D eigenvalue weighted by molar-refractivity contribution is -0.146. The number of amides is 1. The maximum absolute atomic E-state index is 12.2. The van der Waals surface area contributed by atoms with Gasteiger partial charge in [0.2, 0.25) is 10.0 Å². The third kappa shape index (κ3) is 6.45. The van der Waals surface area contributed by atoms with Gasteiger partial charge in [0, 0.05) is 0 Å². The number of thiophene rings is 1. The van der Waals surface area contributed by atoms with Crippen LogP contribution < -0.4 is 10.0 Å².